The Morgan fingerprint density at radius 1 is 0.778 bits per heavy atom. The van der Waals surface area contributed by atoms with Gasteiger partial charge >= 0.3 is 0 Å². The van der Waals surface area contributed by atoms with Crippen molar-refractivity contribution in [2.75, 3.05) is 5.32 Å². The molecule has 0 fully saturated rings. The van der Waals surface area contributed by atoms with E-state index in [9.17, 15) is 4.79 Å². The van der Waals surface area contributed by atoms with E-state index in [4.69, 9.17) is 0 Å². The Hall–Kier alpha value is -2.98. The molecular formula is C23H19BrN2O. The highest BCUT2D eigenvalue weighted by atomic mass is 79.9. The Morgan fingerprint density at radius 2 is 1.48 bits per heavy atom. The highest BCUT2D eigenvalue weighted by Gasteiger charge is 2.12. The van der Waals surface area contributed by atoms with E-state index in [1.54, 1.807) is 0 Å². The highest BCUT2D eigenvalue weighted by Crippen LogP contribution is 2.22. The number of fused-ring (bicyclic) bond motifs is 1. The maximum Gasteiger partial charge on any atom is 0.290 e. The van der Waals surface area contributed by atoms with Crippen LogP contribution in [0.1, 0.15) is 0 Å². The number of hydrogen-bond donors (Lipinski definition) is 1. The first-order valence-electron chi connectivity index (χ1n) is 8.62. The minimum absolute atomic E-state index is 0. The number of pyridine rings is 1. The molecule has 0 saturated carbocycles. The normalized spacial score (nSPS) is 10.2. The van der Waals surface area contributed by atoms with Crippen molar-refractivity contribution in [3.05, 3.63) is 97.3 Å². The molecule has 3 aromatic carbocycles. The summed E-state index contributed by atoms with van der Waals surface area (Å²) in [6, 6.07) is 28.2. The molecule has 27 heavy (non-hydrogen) atoms. The van der Waals surface area contributed by atoms with E-state index in [0.29, 0.717) is 0 Å². The van der Waals surface area contributed by atoms with Crippen LogP contribution >= 0.6 is 0 Å². The molecule has 4 heteroatoms. The fraction of sp³-hybridized carbons (Fsp3) is 0.0435. The first-order chi connectivity index (χ1) is 12.8. The summed E-state index contributed by atoms with van der Waals surface area (Å²) in [7, 11) is 0. The van der Waals surface area contributed by atoms with Gasteiger partial charge in [-0.3, -0.25) is 4.79 Å². The summed E-state index contributed by atoms with van der Waals surface area (Å²) in [6.07, 6.45) is 3.91. The molecule has 0 radical (unpaired) electrons. The lowest BCUT2D eigenvalue weighted by molar-refractivity contribution is -0.683. The van der Waals surface area contributed by atoms with Gasteiger partial charge in [-0.1, -0.05) is 66.7 Å². The first-order valence-corrected chi connectivity index (χ1v) is 8.62. The molecule has 0 aliphatic rings. The highest BCUT2D eigenvalue weighted by molar-refractivity contribution is 6.01. The molecule has 0 aliphatic carbocycles. The van der Waals surface area contributed by atoms with Gasteiger partial charge in [0.25, 0.3) is 5.91 Å². The van der Waals surface area contributed by atoms with Crippen LogP contribution in [-0.2, 0) is 11.3 Å². The summed E-state index contributed by atoms with van der Waals surface area (Å²) in [6.45, 7) is 0.268. The summed E-state index contributed by atoms with van der Waals surface area (Å²) in [5, 5.41) is 5.20. The summed E-state index contributed by atoms with van der Waals surface area (Å²) >= 11 is 0. The number of hydrogen-bond acceptors (Lipinski definition) is 1. The Kier molecular flexibility index (Phi) is 5.99. The lowest BCUT2D eigenvalue weighted by Gasteiger charge is -2.07. The molecule has 0 atom stereocenters. The molecule has 0 saturated heterocycles. The molecule has 4 rings (SSSR count). The van der Waals surface area contributed by atoms with Gasteiger partial charge in [-0.15, -0.1) is 0 Å². The van der Waals surface area contributed by atoms with E-state index in [1.807, 2.05) is 83.7 Å². The number of nitrogens with one attached hydrogen (secondary N) is 1. The van der Waals surface area contributed by atoms with E-state index >= 15 is 0 Å². The molecule has 3 nitrogen and oxygen atoms in total. The second kappa shape index (κ2) is 8.60. The number of halogens is 1. The predicted octanol–water partition coefficient (Wildman–Crippen LogP) is 1.44. The van der Waals surface area contributed by atoms with Crippen LogP contribution in [0.25, 0.3) is 21.9 Å². The van der Waals surface area contributed by atoms with Gasteiger partial charge < -0.3 is 22.3 Å². The number of carbonyl (C=O) groups is 1. The minimum Gasteiger partial charge on any atom is -1.00 e. The van der Waals surface area contributed by atoms with Gasteiger partial charge in [-0.05, 0) is 23.1 Å². The lowest BCUT2D eigenvalue weighted by atomic mass is 10.1. The third kappa shape index (κ3) is 4.41. The summed E-state index contributed by atoms with van der Waals surface area (Å²) in [5.41, 5.74) is 3.07. The fourth-order valence-electron chi connectivity index (χ4n) is 3.11. The van der Waals surface area contributed by atoms with Gasteiger partial charge in [-0.2, -0.15) is 4.57 Å². The van der Waals surface area contributed by atoms with Crippen LogP contribution in [0.2, 0.25) is 0 Å². The molecule has 1 aromatic heterocycles. The van der Waals surface area contributed by atoms with E-state index in [2.05, 4.69) is 23.5 Å². The average molecular weight is 419 g/mol. The molecule has 134 valence electrons. The van der Waals surface area contributed by atoms with Crippen molar-refractivity contribution < 1.29 is 26.3 Å². The van der Waals surface area contributed by atoms with Crippen molar-refractivity contribution in [1.82, 2.24) is 0 Å². The zero-order chi connectivity index (χ0) is 17.8. The van der Waals surface area contributed by atoms with Gasteiger partial charge in [-0.25, -0.2) is 0 Å². The Morgan fingerprint density at radius 3 is 2.33 bits per heavy atom. The number of benzene rings is 3. The Labute approximate surface area is 169 Å². The number of amides is 1. The number of aromatic nitrogens is 1. The second-order valence-electron chi connectivity index (χ2n) is 6.21. The van der Waals surface area contributed by atoms with E-state index in [-0.39, 0.29) is 29.4 Å². The SMILES string of the molecule is O=C(C[n+]1cccc(-c2ccccc2)c1)Nc1cccc2ccccc12.[Br-]. The van der Waals surface area contributed by atoms with E-state index < -0.39 is 0 Å². The molecule has 4 aromatic rings. The van der Waals surface area contributed by atoms with Crippen molar-refractivity contribution in [2.45, 2.75) is 6.54 Å². The Bertz CT molecular complexity index is 1060. The van der Waals surface area contributed by atoms with Crippen LogP contribution in [0.4, 0.5) is 5.69 Å². The van der Waals surface area contributed by atoms with Gasteiger partial charge in [0.1, 0.15) is 0 Å². The van der Waals surface area contributed by atoms with Crippen molar-refractivity contribution in [2.24, 2.45) is 0 Å². The maximum atomic E-state index is 12.5. The van der Waals surface area contributed by atoms with Crippen LogP contribution < -0.4 is 26.9 Å². The fourth-order valence-corrected chi connectivity index (χ4v) is 3.11. The standard InChI is InChI=1S/C23H18N2O.BrH/c26-23(24-22-14-6-11-19-10-4-5-13-21(19)22)17-25-15-7-12-20(16-25)18-8-2-1-3-9-18;/h1-16H,17H2;1H. The number of carbonyl (C=O) groups excluding carboxylic acids is 1. The van der Waals surface area contributed by atoms with Crippen LogP contribution in [0.15, 0.2) is 97.3 Å². The molecule has 0 bridgehead atoms. The smallest absolute Gasteiger partial charge is 0.290 e. The van der Waals surface area contributed by atoms with Crippen molar-refractivity contribution in [3.8, 4) is 11.1 Å². The van der Waals surface area contributed by atoms with Crippen molar-refractivity contribution in [3.63, 3.8) is 0 Å². The van der Waals surface area contributed by atoms with Gasteiger partial charge in [0.15, 0.2) is 12.4 Å². The van der Waals surface area contributed by atoms with E-state index in [0.717, 1.165) is 27.6 Å². The van der Waals surface area contributed by atoms with E-state index in [1.165, 1.54) is 0 Å². The molecule has 0 unspecified atom stereocenters. The predicted molar refractivity (Wildman–Crippen MR) is 105 cm³/mol. The largest absolute Gasteiger partial charge is 1.00 e. The average Bonchev–Trinajstić information content (AvgIpc) is 2.69. The molecule has 0 spiro atoms. The quantitative estimate of drug-likeness (QED) is 0.499. The maximum absolute atomic E-state index is 12.5. The summed E-state index contributed by atoms with van der Waals surface area (Å²) < 4.78 is 1.91. The monoisotopic (exact) mass is 418 g/mol. The van der Waals surface area contributed by atoms with Crippen LogP contribution in [0.5, 0.6) is 0 Å². The minimum atomic E-state index is -0.0448. The zero-order valence-electron chi connectivity index (χ0n) is 14.7. The molecule has 1 N–H and O–H groups in total. The second-order valence-corrected chi connectivity index (χ2v) is 6.21. The van der Waals surface area contributed by atoms with Gasteiger partial charge in [0, 0.05) is 22.7 Å². The van der Waals surface area contributed by atoms with Gasteiger partial charge in [0.05, 0.1) is 0 Å². The van der Waals surface area contributed by atoms with Crippen LogP contribution in [0.3, 0.4) is 0 Å². The molecule has 0 aliphatic heterocycles. The third-order valence-corrected chi connectivity index (χ3v) is 4.36. The third-order valence-electron chi connectivity index (χ3n) is 4.36. The summed E-state index contributed by atoms with van der Waals surface area (Å²) in [4.78, 5) is 12.5. The first kappa shape index (κ1) is 18.8. The number of nitrogens with zero attached hydrogens (tertiary/aromatic N) is 1. The number of anilines is 1. The lowest BCUT2D eigenvalue weighted by Crippen LogP contribution is -3.00. The molecule has 1 heterocycles. The van der Waals surface area contributed by atoms with Crippen LogP contribution in [-0.4, -0.2) is 5.91 Å². The number of rotatable bonds is 4. The van der Waals surface area contributed by atoms with Crippen LogP contribution in [0, 0.1) is 0 Å². The van der Waals surface area contributed by atoms with Gasteiger partial charge in [0.2, 0.25) is 6.54 Å². The zero-order valence-corrected chi connectivity index (χ0v) is 16.3. The molecule has 1 amide bonds. The molecular weight excluding hydrogens is 400 g/mol. The summed E-state index contributed by atoms with van der Waals surface area (Å²) in [5.74, 6) is -0.0448. The topological polar surface area (TPSA) is 33.0 Å². The van der Waals surface area contributed by atoms with Crippen molar-refractivity contribution >= 4 is 22.4 Å². The van der Waals surface area contributed by atoms with Crippen molar-refractivity contribution in [1.29, 1.82) is 0 Å². The Balaban J connectivity index is 0.00000210.